The lowest BCUT2D eigenvalue weighted by atomic mass is 9.94. The molecule has 1 aromatic carbocycles. The minimum Gasteiger partial charge on any atom is -0.479 e. The highest BCUT2D eigenvalue weighted by Crippen LogP contribution is 2.37. The molecule has 0 radical (unpaired) electrons. The number of nitrogens with zero attached hydrogens (tertiary/aromatic N) is 4. The minimum atomic E-state index is -1.03. The van der Waals surface area contributed by atoms with Gasteiger partial charge in [-0.1, -0.05) is 44.5 Å². The van der Waals surface area contributed by atoms with Crippen molar-refractivity contribution in [3.05, 3.63) is 62.5 Å². The number of esters is 1. The second-order valence-corrected chi connectivity index (χ2v) is 11.2. The Balaban J connectivity index is 0.000000259. The number of carboxylic acids is 1. The average Bonchev–Trinajstić information content (AvgIpc) is 3.66. The Kier molecular flexibility index (Phi) is 13.1. The predicted octanol–water partition coefficient (Wildman–Crippen LogP) is 5.27. The summed E-state index contributed by atoms with van der Waals surface area (Å²) in [4.78, 5) is 47.9. The number of urea groups is 1. The number of amidine groups is 1. The van der Waals surface area contributed by atoms with E-state index in [4.69, 9.17) is 26.2 Å². The number of thiazole rings is 1. The molecule has 1 fully saturated rings. The molecule has 3 atom stereocenters. The number of hydrogen-bond acceptors (Lipinski definition) is 9. The predicted molar refractivity (Wildman–Crippen MR) is 166 cm³/mol. The summed E-state index contributed by atoms with van der Waals surface area (Å²) >= 11 is 7.60. The second-order valence-electron chi connectivity index (χ2n) is 9.96. The van der Waals surface area contributed by atoms with E-state index in [-0.39, 0.29) is 30.2 Å². The van der Waals surface area contributed by atoms with Gasteiger partial charge in [-0.2, -0.15) is 0 Å². The van der Waals surface area contributed by atoms with E-state index in [0.29, 0.717) is 40.6 Å². The van der Waals surface area contributed by atoms with Crippen molar-refractivity contribution in [2.45, 2.75) is 65.1 Å². The van der Waals surface area contributed by atoms with Gasteiger partial charge in [0.05, 0.1) is 29.8 Å². The van der Waals surface area contributed by atoms with Gasteiger partial charge in [0.1, 0.15) is 11.9 Å². The number of halogens is 2. The van der Waals surface area contributed by atoms with Gasteiger partial charge in [0.2, 0.25) is 0 Å². The average molecular weight is 652 g/mol. The maximum Gasteiger partial charge on any atom is 0.338 e. The van der Waals surface area contributed by atoms with Crippen molar-refractivity contribution in [2.75, 3.05) is 33.4 Å². The summed E-state index contributed by atoms with van der Waals surface area (Å²) in [6.45, 7) is 9.35. The molecule has 3 heterocycles. The first-order valence-electron chi connectivity index (χ1n) is 14.5. The molecule has 1 unspecified atom stereocenters. The molecule has 0 aliphatic carbocycles. The number of methoxy groups -OCH3 is 1. The summed E-state index contributed by atoms with van der Waals surface area (Å²) in [5.74, 6) is -1.57. The number of carbonyl (C=O) groups excluding carboxylic acids is 2. The fourth-order valence-corrected chi connectivity index (χ4v) is 5.79. The van der Waals surface area contributed by atoms with E-state index in [1.165, 1.54) is 24.5 Å². The molecule has 2 aromatic rings. The highest BCUT2D eigenvalue weighted by atomic mass is 35.5. The number of aromatic nitrogens is 1. The number of rotatable bonds is 12. The molecule has 2 amide bonds. The van der Waals surface area contributed by atoms with E-state index in [2.05, 4.69) is 15.3 Å². The third-order valence-electron chi connectivity index (χ3n) is 7.16. The molecule has 2 aliphatic heterocycles. The summed E-state index contributed by atoms with van der Waals surface area (Å²) < 4.78 is 24.1. The summed E-state index contributed by atoms with van der Waals surface area (Å²) in [5.41, 5.74) is 1.41. The molecule has 2 N–H and O–H groups in total. The SMILES string of the molecule is CCCN1C(=O)N(CC(OC)C(=O)O)C[C@@H]1CC.CCOC(=O)C1=C(CC)NC(c2nccs2)=N[C@H]1c1cccc(F)c1Cl. The van der Waals surface area contributed by atoms with Crippen LogP contribution in [0.2, 0.25) is 5.02 Å². The smallest absolute Gasteiger partial charge is 0.338 e. The maximum absolute atomic E-state index is 14.0. The first kappa shape index (κ1) is 34.9. The maximum atomic E-state index is 14.0. The number of amides is 2. The molecule has 2 aliphatic rings. The van der Waals surface area contributed by atoms with Crippen LogP contribution >= 0.6 is 22.9 Å². The van der Waals surface area contributed by atoms with Crippen molar-refractivity contribution in [1.82, 2.24) is 20.1 Å². The van der Waals surface area contributed by atoms with Gasteiger partial charge in [-0.05, 0) is 32.3 Å². The summed E-state index contributed by atoms with van der Waals surface area (Å²) in [6.07, 6.45) is 3.05. The zero-order chi connectivity index (χ0) is 32.4. The lowest BCUT2D eigenvalue weighted by Gasteiger charge is -2.27. The Morgan fingerprint density at radius 2 is 2.02 bits per heavy atom. The van der Waals surface area contributed by atoms with E-state index in [1.54, 1.807) is 30.2 Å². The van der Waals surface area contributed by atoms with Crippen molar-refractivity contribution < 1.29 is 33.4 Å². The fourth-order valence-electron chi connectivity index (χ4n) is 4.97. The van der Waals surface area contributed by atoms with Crippen LogP contribution in [0.4, 0.5) is 9.18 Å². The largest absolute Gasteiger partial charge is 0.479 e. The van der Waals surface area contributed by atoms with Gasteiger partial charge in [0, 0.05) is 43.0 Å². The fraction of sp³-hybridized carbons (Fsp3) is 0.500. The van der Waals surface area contributed by atoms with Crippen LogP contribution in [-0.2, 0) is 19.1 Å². The number of allylic oxidation sites excluding steroid dienone is 1. The summed E-state index contributed by atoms with van der Waals surface area (Å²) in [5, 5.41) is 14.6. The zero-order valence-electron chi connectivity index (χ0n) is 25.5. The van der Waals surface area contributed by atoms with Crippen molar-refractivity contribution >= 4 is 46.7 Å². The third kappa shape index (κ3) is 8.13. The quantitative estimate of drug-likeness (QED) is 0.297. The van der Waals surface area contributed by atoms with E-state index in [0.717, 1.165) is 19.4 Å². The van der Waals surface area contributed by atoms with Gasteiger partial charge in [-0.25, -0.2) is 23.8 Å². The molecule has 44 heavy (non-hydrogen) atoms. The molecule has 1 saturated heterocycles. The molecule has 0 spiro atoms. The number of aliphatic carboxylic acids is 1. The molecule has 4 rings (SSSR count). The van der Waals surface area contributed by atoms with E-state index >= 15 is 0 Å². The minimum absolute atomic E-state index is 0.0566. The van der Waals surface area contributed by atoms with Crippen molar-refractivity contribution in [3.8, 4) is 0 Å². The standard InChI is InChI=1S/C18H17ClFN3O2S.C12H22N2O4/c1-3-12-13(18(24)25-4-2)15(10-6-5-7-11(20)14(10)19)23-16(22-12)17-21-8-9-26-17;1-4-6-14-9(5-2)7-13(12(14)17)8-10(18-3)11(15)16/h5-9,15H,3-4H2,1-2H3,(H,22,23);9-10H,4-8H2,1-3H3,(H,15,16)/t15-;9-,10?/m00/s1. The van der Waals surface area contributed by atoms with Crippen LogP contribution in [0.15, 0.2) is 46.0 Å². The highest BCUT2D eigenvalue weighted by Gasteiger charge is 2.38. The Morgan fingerprint density at radius 3 is 2.59 bits per heavy atom. The molecule has 0 bridgehead atoms. The molecule has 14 heteroatoms. The molecule has 1 aromatic heterocycles. The van der Waals surface area contributed by atoms with Gasteiger partial charge in [-0.3, -0.25) is 4.99 Å². The van der Waals surface area contributed by atoms with Crippen LogP contribution in [0.5, 0.6) is 0 Å². The third-order valence-corrected chi connectivity index (χ3v) is 8.33. The number of hydrogen-bond donors (Lipinski definition) is 2. The van der Waals surface area contributed by atoms with Gasteiger partial charge >= 0.3 is 18.0 Å². The van der Waals surface area contributed by atoms with Crippen molar-refractivity contribution in [2.24, 2.45) is 4.99 Å². The van der Waals surface area contributed by atoms with Crippen LogP contribution < -0.4 is 5.32 Å². The van der Waals surface area contributed by atoms with Crippen molar-refractivity contribution in [1.29, 1.82) is 0 Å². The Labute approximate surface area is 265 Å². The lowest BCUT2D eigenvalue weighted by molar-refractivity contribution is -0.149. The number of nitrogens with one attached hydrogen (secondary N) is 1. The molecule has 0 saturated carbocycles. The van der Waals surface area contributed by atoms with E-state index in [1.807, 2.05) is 31.1 Å². The Hall–Kier alpha value is -3.55. The first-order chi connectivity index (χ1) is 21.1. The number of carboxylic acid groups (broad SMARTS) is 1. The number of benzene rings is 1. The Bertz CT molecular complexity index is 1370. The zero-order valence-corrected chi connectivity index (χ0v) is 27.1. The Morgan fingerprint density at radius 1 is 1.27 bits per heavy atom. The van der Waals surface area contributed by atoms with Crippen molar-refractivity contribution in [3.63, 3.8) is 0 Å². The van der Waals surface area contributed by atoms with Crippen LogP contribution in [0.25, 0.3) is 0 Å². The van der Waals surface area contributed by atoms with Gasteiger partial charge in [0.25, 0.3) is 0 Å². The van der Waals surface area contributed by atoms with Crippen LogP contribution in [0.3, 0.4) is 0 Å². The van der Waals surface area contributed by atoms with Gasteiger partial charge < -0.3 is 29.7 Å². The highest BCUT2D eigenvalue weighted by molar-refractivity contribution is 7.11. The number of ether oxygens (including phenoxy) is 2. The molecule has 11 nitrogen and oxygen atoms in total. The van der Waals surface area contributed by atoms with E-state index < -0.39 is 29.9 Å². The number of aliphatic imine (C=N–C) groups is 1. The summed E-state index contributed by atoms with van der Waals surface area (Å²) in [6, 6.07) is 3.82. The normalized spacial score (nSPS) is 18.8. The molecular formula is C30H39ClFN5O6S. The lowest BCUT2D eigenvalue weighted by Crippen LogP contribution is -2.41. The summed E-state index contributed by atoms with van der Waals surface area (Å²) in [7, 11) is 1.35. The topological polar surface area (TPSA) is 134 Å². The monoisotopic (exact) mass is 651 g/mol. The first-order valence-corrected chi connectivity index (χ1v) is 15.8. The second kappa shape index (κ2) is 16.5. The van der Waals surface area contributed by atoms with Gasteiger partial charge in [0.15, 0.2) is 16.9 Å². The van der Waals surface area contributed by atoms with Crippen LogP contribution in [0, 0.1) is 5.82 Å². The van der Waals surface area contributed by atoms with Crippen LogP contribution in [-0.4, -0.2) is 89.2 Å². The molecular weight excluding hydrogens is 613 g/mol. The number of carbonyl (C=O) groups is 3. The van der Waals surface area contributed by atoms with Gasteiger partial charge in [-0.15, -0.1) is 11.3 Å². The van der Waals surface area contributed by atoms with E-state index in [9.17, 15) is 18.8 Å². The molecule has 240 valence electrons. The van der Waals surface area contributed by atoms with Crippen LogP contribution in [0.1, 0.15) is 63.6 Å².